The minimum atomic E-state index is -0.301. The Balaban J connectivity index is 1.47. The number of rotatable bonds is 10. The minimum absolute atomic E-state index is 0.143. The summed E-state index contributed by atoms with van der Waals surface area (Å²) in [5, 5.41) is 22.9. The summed E-state index contributed by atoms with van der Waals surface area (Å²) in [6.45, 7) is 11.3. The molecule has 0 spiro atoms. The van der Waals surface area contributed by atoms with Crippen LogP contribution in [0, 0.1) is 17.2 Å². The van der Waals surface area contributed by atoms with Crippen LogP contribution in [-0.4, -0.2) is 26.4 Å². The molecule has 0 radical (unpaired) electrons. The third-order valence-corrected chi connectivity index (χ3v) is 8.54. The van der Waals surface area contributed by atoms with Gasteiger partial charge in [-0.05, 0) is 61.6 Å². The molecule has 1 aliphatic rings. The summed E-state index contributed by atoms with van der Waals surface area (Å²) in [7, 11) is 0. The first-order valence-electron chi connectivity index (χ1n) is 12.9. The normalized spacial score (nSPS) is 13.9. The maximum Gasteiger partial charge on any atom is 0.235 e. The van der Waals surface area contributed by atoms with Gasteiger partial charge in [0.25, 0.3) is 0 Å². The zero-order chi connectivity index (χ0) is 26.5. The van der Waals surface area contributed by atoms with E-state index in [0.717, 1.165) is 54.9 Å². The number of carbonyl (C=O) groups is 1. The largest absolute Gasteiger partial charge is 0.482 e. The number of para-hydroxylation sites is 1. The molecule has 1 atom stereocenters. The summed E-state index contributed by atoms with van der Waals surface area (Å²) in [6, 6.07) is 10.4. The molecule has 0 fully saturated rings. The monoisotopic (exact) mass is 537 g/mol. The fourth-order valence-electron chi connectivity index (χ4n) is 4.62. The smallest absolute Gasteiger partial charge is 0.235 e. The fraction of sp³-hybridized carbons (Fsp3) is 0.500. The maximum absolute atomic E-state index is 12.9. The highest BCUT2D eigenvalue weighted by Crippen LogP contribution is 2.38. The summed E-state index contributed by atoms with van der Waals surface area (Å²) in [5.41, 5.74) is 2.91. The summed E-state index contributed by atoms with van der Waals surface area (Å²) < 4.78 is 8.42. The average Bonchev–Trinajstić information content (AvgIpc) is 3.42. The highest BCUT2D eigenvalue weighted by molar-refractivity contribution is 7.99. The average molecular weight is 538 g/mol. The number of hydrogen-bond acceptors (Lipinski definition) is 7. The van der Waals surface area contributed by atoms with Crippen molar-refractivity contribution in [3.05, 3.63) is 51.7 Å². The van der Waals surface area contributed by atoms with Crippen LogP contribution in [0.2, 0.25) is 0 Å². The van der Waals surface area contributed by atoms with Gasteiger partial charge in [-0.3, -0.25) is 4.79 Å². The molecule has 0 aliphatic heterocycles. The summed E-state index contributed by atoms with van der Waals surface area (Å²) in [6.07, 6.45) is 3.84. The van der Waals surface area contributed by atoms with Gasteiger partial charge in [0.1, 0.15) is 16.8 Å². The second kappa shape index (κ2) is 12.1. The van der Waals surface area contributed by atoms with Gasteiger partial charge in [-0.2, -0.15) is 5.26 Å². The topological polar surface area (TPSA) is 92.8 Å². The molecule has 0 saturated carbocycles. The highest BCUT2D eigenvalue weighted by Gasteiger charge is 2.24. The molecule has 4 rings (SSSR count). The van der Waals surface area contributed by atoms with Crippen LogP contribution in [0.5, 0.6) is 5.75 Å². The summed E-state index contributed by atoms with van der Waals surface area (Å²) in [5.74, 6) is 2.36. The fourth-order valence-corrected chi connectivity index (χ4v) is 6.63. The predicted octanol–water partition coefficient (Wildman–Crippen LogP) is 6.74. The van der Waals surface area contributed by atoms with Gasteiger partial charge in [0.2, 0.25) is 5.91 Å². The number of hydrogen-bond donors (Lipinski definition) is 1. The highest BCUT2D eigenvalue weighted by atomic mass is 32.2. The lowest BCUT2D eigenvalue weighted by Crippen LogP contribution is -2.17. The van der Waals surface area contributed by atoms with Crippen molar-refractivity contribution >= 4 is 34.0 Å². The van der Waals surface area contributed by atoms with Crippen LogP contribution in [0.4, 0.5) is 5.00 Å². The molecule has 1 amide bonds. The molecule has 1 N–H and O–H groups in total. The zero-order valence-electron chi connectivity index (χ0n) is 22.2. The van der Waals surface area contributed by atoms with Crippen LogP contribution >= 0.6 is 23.1 Å². The van der Waals surface area contributed by atoms with Crippen molar-refractivity contribution in [2.45, 2.75) is 84.0 Å². The van der Waals surface area contributed by atoms with Crippen molar-refractivity contribution in [2.24, 2.45) is 5.92 Å². The number of ether oxygens (including phenoxy) is 1. The van der Waals surface area contributed by atoms with Crippen LogP contribution in [0.25, 0.3) is 0 Å². The van der Waals surface area contributed by atoms with Crippen LogP contribution in [0.15, 0.2) is 29.4 Å². The predicted molar refractivity (Wildman–Crippen MR) is 149 cm³/mol. The van der Waals surface area contributed by atoms with Gasteiger partial charge in [-0.25, -0.2) is 0 Å². The van der Waals surface area contributed by atoms with Gasteiger partial charge in [0.05, 0.1) is 11.3 Å². The molecule has 0 saturated heterocycles. The maximum atomic E-state index is 12.9. The molecule has 1 aliphatic carbocycles. The first-order valence-corrected chi connectivity index (χ1v) is 14.7. The van der Waals surface area contributed by atoms with Crippen LogP contribution < -0.4 is 10.1 Å². The Kier molecular flexibility index (Phi) is 8.93. The van der Waals surface area contributed by atoms with Crippen molar-refractivity contribution < 1.29 is 9.53 Å². The Morgan fingerprint density at radius 3 is 2.68 bits per heavy atom. The number of aromatic nitrogens is 3. The Morgan fingerprint density at radius 1 is 1.19 bits per heavy atom. The lowest BCUT2D eigenvalue weighted by molar-refractivity contribution is -0.113. The van der Waals surface area contributed by atoms with E-state index in [2.05, 4.69) is 59.9 Å². The lowest BCUT2D eigenvalue weighted by atomic mass is 9.96. The van der Waals surface area contributed by atoms with E-state index >= 15 is 0 Å². The van der Waals surface area contributed by atoms with Crippen molar-refractivity contribution in [3.63, 3.8) is 0 Å². The molecular formula is C28H35N5O2S2. The van der Waals surface area contributed by atoms with Gasteiger partial charge in [0.15, 0.2) is 17.1 Å². The molecule has 0 bridgehead atoms. The van der Waals surface area contributed by atoms with E-state index in [4.69, 9.17) is 4.74 Å². The van der Waals surface area contributed by atoms with Crippen molar-refractivity contribution in [2.75, 3.05) is 11.1 Å². The van der Waals surface area contributed by atoms with E-state index in [1.807, 2.05) is 25.1 Å². The van der Waals surface area contributed by atoms with Crippen LogP contribution in [0.1, 0.15) is 86.9 Å². The number of nitrogens with one attached hydrogen (secondary N) is 1. The molecule has 2 aromatic heterocycles. The second-order valence-electron chi connectivity index (χ2n) is 10.2. The zero-order valence-corrected chi connectivity index (χ0v) is 23.8. The third kappa shape index (κ3) is 6.36. The number of nitriles is 1. The molecule has 7 nitrogen and oxygen atoms in total. The molecule has 37 heavy (non-hydrogen) atoms. The van der Waals surface area contributed by atoms with Crippen LogP contribution in [-0.2, 0) is 24.2 Å². The van der Waals surface area contributed by atoms with E-state index < -0.39 is 0 Å². The van der Waals surface area contributed by atoms with E-state index in [1.165, 1.54) is 16.6 Å². The molecule has 196 valence electrons. The van der Waals surface area contributed by atoms with Crippen molar-refractivity contribution in [1.29, 1.82) is 5.26 Å². The van der Waals surface area contributed by atoms with Crippen molar-refractivity contribution in [1.82, 2.24) is 14.8 Å². The van der Waals surface area contributed by atoms with Crippen molar-refractivity contribution in [3.8, 4) is 11.8 Å². The number of thiophene rings is 1. The first-order chi connectivity index (χ1) is 17.8. The van der Waals surface area contributed by atoms with Gasteiger partial charge < -0.3 is 14.6 Å². The Morgan fingerprint density at radius 2 is 1.95 bits per heavy atom. The molecular weight excluding hydrogens is 502 g/mol. The Bertz CT molecular complexity index is 1290. The standard InChI is InChI=1S/C28H35N5O2S2/c1-17(2)15-33-26(19(5)35-23-12-8-6-10-20(23)18(3)4)31-32-28(33)36-16-25(34)30-27-22(14-29)21-11-7-9-13-24(21)37-27/h6,8,10,12,17-19H,7,9,11,13,15-16H2,1-5H3,(H,30,34). The Labute approximate surface area is 227 Å². The SMILES string of the molecule is CC(C)Cn1c(SCC(=O)Nc2sc3c(c2C#N)CCCC3)nnc1C(C)Oc1ccccc1C(C)C. The van der Waals surface area contributed by atoms with Gasteiger partial charge in [-0.15, -0.1) is 21.5 Å². The Hall–Kier alpha value is -2.83. The first kappa shape index (κ1) is 27.2. The molecule has 3 aromatic rings. The summed E-state index contributed by atoms with van der Waals surface area (Å²) in [4.78, 5) is 14.1. The van der Waals surface area contributed by atoms with Gasteiger partial charge in [-0.1, -0.05) is 57.7 Å². The molecule has 1 aromatic carbocycles. The number of thioether (sulfide) groups is 1. The van der Waals surface area contributed by atoms with E-state index in [0.29, 0.717) is 27.6 Å². The number of anilines is 1. The van der Waals surface area contributed by atoms with E-state index in [1.54, 1.807) is 11.3 Å². The van der Waals surface area contributed by atoms with Gasteiger partial charge in [0, 0.05) is 11.4 Å². The number of nitrogens with zero attached hydrogens (tertiary/aromatic N) is 4. The quantitative estimate of drug-likeness (QED) is 0.288. The molecule has 2 heterocycles. The number of benzene rings is 1. The second-order valence-corrected chi connectivity index (χ2v) is 12.2. The molecule has 1 unspecified atom stereocenters. The number of amides is 1. The van der Waals surface area contributed by atoms with Gasteiger partial charge >= 0.3 is 0 Å². The van der Waals surface area contributed by atoms with E-state index in [-0.39, 0.29) is 17.8 Å². The van der Waals surface area contributed by atoms with Crippen LogP contribution in [0.3, 0.4) is 0 Å². The molecule has 9 heteroatoms. The minimum Gasteiger partial charge on any atom is -0.482 e. The lowest BCUT2D eigenvalue weighted by Gasteiger charge is -2.20. The number of carbonyl (C=O) groups excluding carboxylic acids is 1. The van der Waals surface area contributed by atoms with E-state index in [9.17, 15) is 10.1 Å². The summed E-state index contributed by atoms with van der Waals surface area (Å²) >= 11 is 2.91. The third-order valence-electron chi connectivity index (χ3n) is 6.37. The number of fused-ring (bicyclic) bond motifs is 1. The number of aryl methyl sites for hydroxylation is 1.